The third-order valence-corrected chi connectivity index (χ3v) is 9.49. The number of thiazole rings is 1. The Balaban J connectivity index is 1.36. The lowest BCUT2D eigenvalue weighted by atomic mass is 10.2. The minimum absolute atomic E-state index is 0.170. The predicted molar refractivity (Wildman–Crippen MR) is 138 cm³/mol. The standard InChI is InChI=1S/C25H30N4O4S2/c30-24(20-8-10-21(11-9-20)35(31,32)28-13-3-4-14-28)29(15-5-12-27-16-18-33-19-17-27)25-26-22-6-1-2-7-23(22)34-25/h1-2,6-11H,3-5,12-19H2. The van der Waals surface area contributed by atoms with Gasteiger partial charge in [-0.1, -0.05) is 23.5 Å². The summed E-state index contributed by atoms with van der Waals surface area (Å²) in [5, 5.41) is 0.659. The van der Waals surface area contributed by atoms with Crippen LogP contribution in [0.4, 0.5) is 5.13 Å². The number of ether oxygens (including phenoxy) is 1. The van der Waals surface area contributed by atoms with E-state index < -0.39 is 10.0 Å². The van der Waals surface area contributed by atoms with Crippen molar-refractivity contribution in [2.45, 2.75) is 24.2 Å². The lowest BCUT2D eigenvalue weighted by Crippen LogP contribution is -2.39. The van der Waals surface area contributed by atoms with Crippen LogP contribution >= 0.6 is 11.3 Å². The highest BCUT2D eigenvalue weighted by atomic mass is 32.2. The molecule has 0 radical (unpaired) electrons. The van der Waals surface area contributed by atoms with Crippen LogP contribution in [0.1, 0.15) is 29.6 Å². The zero-order chi connectivity index (χ0) is 24.3. The molecule has 0 aliphatic carbocycles. The van der Waals surface area contributed by atoms with Gasteiger partial charge >= 0.3 is 0 Å². The highest BCUT2D eigenvalue weighted by Crippen LogP contribution is 2.30. The van der Waals surface area contributed by atoms with E-state index in [1.807, 2.05) is 24.3 Å². The molecule has 10 heteroatoms. The monoisotopic (exact) mass is 514 g/mol. The number of fused-ring (bicyclic) bond motifs is 1. The predicted octanol–water partition coefficient (Wildman–Crippen LogP) is 3.45. The fourth-order valence-corrected chi connectivity index (χ4v) is 7.05. The molecule has 8 nitrogen and oxygen atoms in total. The summed E-state index contributed by atoms with van der Waals surface area (Å²) in [6, 6.07) is 14.2. The maximum absolute atomic E-state index is 13.6. The van der Waals surface area contributed by atoms with Gasteiger partial charge in [0, 0.05) is 44.8 Å². The van der Waals surface area contributed by atoms with Gasteiger partial charge in [-0.25, -0.2) is 13.4 Å². The Morgan fingerprint density at radius 2 is 1.71 bits per heavy atom. The van der Waals surface area contributed by atoms with Gasteiger partial charge in [0.05, 0.1) is 28.3 Å². The number of rotatable bonds is 8. The molecule has 186 valence electrons. The summed E-state index contributed by atoms with van der Waals surface area (Å²) in [6.07, 6.45) is 2.58. The second-order valence-electron chi connectivity index (χ2n) is 8.86. The maximum Gasteiger partial charge on any atom is 0.260 e. The number of sulfonamides is 1. The minimum atomic E-state index is -3.52. The van der Waals surface area contributed by atoms with Crippen molar-refractivity contribution in [1.29, 1.82) is 0 Å². The number of anilines is 1. The van der Waals surface area contributed by atoms with E-state index in [-0.39, 0.29) is 10.8 Å². The first-order chi connectivity index (χ1) is 17.0. The van der Waals surface area contributed by atoms with Crippen molar-refractivity contribution in [3.05, 3.63) is 54.1 Å². The lowest BCUT2D eigenvalue weighted by Gasteiger charge is -2.27. The smallest absolute Gasteiger partial charge is 0.260 e. The third-order valence-electron chi connectivity index (χ3n) is 6.52. The Hall–Kier alpha value is -2.37. The summed E-state index contributed by atoms with van der Waals surface area (Å²) < 4.78 is 33.7. The molecule has 0 N–H and O–H groups in total. The molecule has 0 unspecified atom stereocenters. The summed E-state index contributed by atoms with van der Waals surface area (Å²) in [5.74, 6) is -0.170. The number of amides is 1. The van der Waals surface area contributed by atoms with E-state index in [0.717, 1.165) is 62.3 Å². The number of hydrogen-bond donors (Lipinski definition) is 0. The molecule has 0 atom stereocenters. The van der Waals surface area contributed by atoms with E-state index in [1.54, 1.807) is 29.2 Å². The van der Waals surface area contributed by atoms with E-state index in [2.05, 4.69) is 4.90 Å². The van der Waals surface area contributed by atoms with Crippen molar-refractivity contribution >= 4 is 42.6 Å². The average molecular weight is 515 g/mol. The van der Waals surface area contributed by atoms with Crippen molar-refractivity contribution < 1.29 is 17.9 Å². The summed E-state index contributed by atoms with van der Waals surface area (Å²) >= 11 is 1.50. The molecule has 2 aromatic carbocycles. The topological polar surface area (TPSA) is 83.1 Å². The van der Waals surface area contributed by atoms with E-state index >= 15 is 0 Å². The van der Waals surface area contributed by atoms with Gasteiger partial charge in [0.15, 0.2) is 5.13 Å². The molecule has 5 rings (SSSR count). The number of nitrogens with zero attached hydrogens (tertiary/aromatic N) is 4. The largest absolute Gasteiger partial charge is 0.379 e. The van der Waals surface area contributed by atoms with Gasteiger partial charge in [0.2, 0.25) is 10.0 Å². The quantitative estimate of drug-likeness (QED) is 0.458. The van der Waals surface area contributed by atoms with Crippen LogP contribution in [0.3, 0.4) is 0 Å². The number of para-hydroxylation sites is 1. The molecule has 0 spiro atoms. The van der Waals surface area contributed by atoms with Gasteiger partial charge in [0.1, 0.15) is 0 Å². The molecule has 0 bridgehead atoms. The van der Waals surface area contributed by atoms with Gasteiger partial charge < -0.3 is 4.74 Å². The fraction of sp³-hybridized carbons (Fsp3) is 0.440. The molecule has 1 amide bonds. The molecular weight excluding hydrogens is 484 g/mol. The van der Waals surface area contributed by atoms with E-state index in [4.69, 9.17) is 9.72 Å². The van der Waals surface area contributed by atoms with Crippen molar-refractivity contribution in [2.24, 2.45) is 0 Å². The number of carbonyl (C=O) groups is 1. The van der Waals surface area contributed by atoms with Crippen LogP contribution in [0.5, 0.6) is 0 Å². The summed E-state index contributed by atoms with van der Waals surface area (Å²) in [7, 11) is -3.52. The molecule has 3 aromatic rings. The Morgan fingerprint density at radius 3 is 2.43 bits per heavy atom. The van der Waals surface area contributed by atoms with E-state index in [1.165, 1.54) is 15.6 Å². The summed E-state index contributed by atoms with van der Waals surface area (Å²) in [6.45, 7) is 5.81. The van der Waals surface area contributed by atoms with Crippen LogP contribution in [0.2, 0.25) is 0 Å². The molecule has 2 saturated heterocycles. The van der Waals surface area contributed by atoms with Crippen molar-refractivity contribution in [1.82, 2.24) is 14.2 Å². The van der Waals surface area contributed by atoms with Crippen molar-refractivity contribution in [3.63, 3.8) is 0 Å². The fourth-order valence-electron chi connectivity index (χ4n) is 4.54. The average Bonchev–Trinajstić information content (AvgIpc) is 3.58. The molecule has 0 saturated carbocycles. The normalized spacial score (nSPS) is 17.7. The second-order valence-corrected chi connectivity index (χ2v) is 11.8. The number of morpholine rings is 1. The number of carbonyl (C=O) groups excluding carboxylic acids is 1. The van der Waals surface area contributed by atoms with Gasteiger partial charge in [-0.2, -0.15) is 4.31 Å². The van der Waals surface area contributed by atoms with Gasteiger partial charge in [-0.3, -0.25) is 14.6 Å². The van der Waals surface area contributed by atoms with Crippen LogP contribution < -0.4 is 4.90 Å². The van der Waals surface area contributed by atoms with Gasteiger partial charge in [-0.15, -0.1) is 0 Å². The second kappa shape index (κ2) is 10.7. The molecule has 1 aromatic heterocycles. The third kappa shape index (κ3) is 5.41. The van der Waals surface area contributed by atoms with E-state index in [0.29, 0.717) is 30.3 Å². The van der Waals surface area contributed by atoms with Crippen molar-refractivity contribution in [3.8, 4) is 0 Å². The Kier molecular flexibility index (Phi) is 7.45. The number of benzene rings is 2. The first kappa shape index (κ1) is 24.3. The minimum Gasteiger partial charge on any atom is -0.379 e. The molecule has 2 fully saturated rings. The van der Waals surface area contributed by atoms with Crippen LogP contribution in [0.15, 0.2) is 53.4 Å². The molecule has 3 heterocycles. The number of hydrogen-bond acceptors (Lipinski definition) is 7. The SMILES string of the molecule is O=C(c1ccc(S(=O)(=O)N2CCCC2)cc1)N(CCCN1CCOCC1)c1nc2ccccc2s1. The summed E-state index contributed by atoms with van der Waals surface area (Å²) in [4.78, 5) is 22.7. The van der Waals surface area contributed by atoms with Crippen LogP contribution in [0.25, 0.3) is 10.2 Å². The first-order valence-electron chi connectivity index (χ1n) is 12.1. The zero-order valence-corrected chi connectivity index (χ0v) is 21.3. The summed E-state index contributed by atoms with van der Waals surface area (Å²) in [5.41, 5.74) is 1.32. The van der Waals surface area contributed by atoms with Gasteiger partial charge in [-0.05, 0) is 55.7 Å². The molecule has 2 aliphatic rings. The Morgan fingerprint density at radius 1 is 1.00 bits per heavy atom. The first-order valence-corrected chi connectivity index (χ1v) is 14.4. The molecule has 35 heavy (non-hydrogen) atoms. The number of aromatic nitrogens is 1. The Bertz CT molecular complexity index is 1230. The lowest BCUT2D eigenvalue weighted by molar-refractivity contribution is 0.0376. The van der Waals surface area contributed by atoms with Gasteiger partial charge in [0.25, 0.3) is 5.91 Å². The molecule has 2 aliphatic heterocycles. The van der Waals surface area contributed by atoms with Crippen LogP contribution in [-0.4, -0.2) is 81.0 Å². The highest BCUT2D eigenvalue weighted by Gasteiger charge is 2.28. The molecular formula is C25H30N4O4S2. The van der Waals surface area contributed by atoms with Crippen LogP contribution in [-0.2, 0) is 14.8 Å². The maximum atomic E-state index is 13.6. The highest BCUT2D eigenvalue weighted by molar-refractivity contribution is 7.89. The van der Waals surface area contributed by atoms with Crippen molar-refractivity contribution in [2.75, 3.05) is 57.4 Å². The van der Waals surface area contributed by atoms with Crippen LogP contribution in [0, 0.1) is 0 Å². The van der Waals surface area contributed by atoms with E-state index in [9.17, 15) is 13.2 Å². The zero-order valence-electron chi connectivity index (χ0n) is 19.6. The Labute approximate surface area is 210 Å².